The van der Waals surface area contributed by atoms with Gasteiger partial charge in [0.15, 0.2) is 14.6 Å². The van der Waals surface area contributed by atoms with Crippen molar-refractivity contribution in [1.29, 1.82) is 0 Å². The summed E-state index contributed by atoms with van der Waals surface area (Å²) in [5, 5.41) is -0.593. The standard InChI is InChI=1S/C18H22N2O5S2/c1-6-25-17(22)15-12(4)20(5)18(26-15)19-16(21)13-8-7-9-14(10-13)27(23,24)11(2)3/h7-11H,6H2,1-5H3. The van der Waals surface area contributed by atoms with Crippen LogP contribution in [0, 0.1) is 6.92 Å². The number of ether oxygens (including phenoxy) is 1. The first-order valence-electron chi connectivity index (χ1n) is 8.36. The molecule has 1 aromatic heterocycles. The van der Waals surface area contributed by atoms with Gasteiger partial charge in [0.2, 0.25) is 0 Å². The molecule has 0 fully saturated rings. The molecular weight excluding hydrogens is 388 g/mol. The molecular formula is C18H22N2O5S2. The summed E-state index contributed by atoms with van der Waals surface area (Å²) in [7, 11) is -1.80. The Bertz CT molecular complexity index is 1050. The van der Waals surface area contributed by atoms with Gasteiger partial charge in [-0.3, -0.25) is 4.79 Å². The molecule has 0 radical (unpaired) electrons. The molecule has 1 amide bonds. The normalized spacial score (nSPS) is 12.4. The van der Waals surface area contributed by atoms with Crippen molar-refractivity contribution in [1.82, 2.24) is 4.57 Å². The average Bonchev–Trinajstić information content (AvgIpc) is 2.90. The van der Waals surface area contributed by atoms with E-state index in [9.17, 15) is 18.0 Å². The predicted octanol–water partition coefficient (Wildman–Crippen LogP) is 2.49. The highest BCUT2D eigenvalue weighted by Gasteiger charge is 2.21. The number of rotatable bonds is 5. The zero-order valence-corrected chi connectivity index (χ0v) is 17.5. The van der Waals surface area contributed by atoms with Gasteiger partial charge >= 0.3 is 5.97 Å². The van der Waals surface area contributed by atoms with Crippen molar-refractivity contribution in [3.8, 4) is 0 Å². The molecule has 7 nitrogen and oxygen atoms in total. The van der Waals surface area contributed by atoms with Gasteiger partial charge in [-0.2, -0.15) is 4.99 Å². The van der Waals surface area contributed by atoms with Crippen molar-refractivity contribution in [2.75, 3.05) is 6.61 Å². The van der Waals surface area contributed by atoms with E-state index in [0.717, 1.165) is 11.3 Å². The fourth-order valence-corrected chi connectivity index (χ4v) is 4.36. The largest absolute Gasteiger partial charge is 0.462 e. The molecule has 0 spiro atoms. The summed E-state index contributed by atoms with van der Waals surface area (Å²) in [5.41, 5.74) is 0.807. The molecule has 0 aliphatic rings. The smallest absolute Gasteiger partial charge is 0.350 e. The van der Waals surface area contributed by atoms with Crippen LogP contribution in [-0.4, -0.2) is 36.7 Å². The Morgan fingerprint density at radius 2 is 1.96 bits per heavy atom. The fraction of sp³-hybridized carbons (Fsp3) is 0.389. The molecule has 27 heavy (non-hydrogen) atoms. The summed E-state index contributed by atoms with van der Waals surface area (Å²) in [5.74, 6) is -1.04. The van der Waals surface area contributed by atoms with Gasteiger partial charge in [-0.15, -0.1) is 0 Å². The third kappa shape index (κ3) is 4.36. The van der Waals surface area contributed by atoms with E-state index < -0.39 is 27.0 Å². The molecule has 146 valence electrons. The van der Waals surface area contributed by atoms with E-state index in [0.29, 0.717) is 15.4 Å². The molecule has 2 rings (SSSR count). The highest BCUT2D eigenvalue weighted by molar-refractivity contribution is 7.92. The van der Waals surface area contributed by atoms with Gasteiger partial charge in [0, 0.05) is 18.3 Å². The molecule has 0 atom stereocenters. The quantitative estimate of drug-likeness (QED) is 0.706. The minimum absolute atomic E-state index is 0.0810. The third-order valence-corrected chi connectivity index (χ3v) is 7.37. The summed E-state index contributed by atoms with van der Waals surface area (Å²) < 4.78 is 31.3. The van der Waals surface area contributed by atoms with E-state index in [2.05, 4.69) is 4.99 Å². The Morgan fingerprint density at radius 1 is 1.30 bits per heavy atom. The zero-order valence-electron chi connectivity index (χ0n) is 15.8. The van der Waals surface area contributed by atoms with Crippen LogP contribution in [0.15, 0.2) is 34.2 Å². The van der Waals surface area contributed by atoms with Crippen molar-refractivity contribution >= 4 is 33.1 Å². The first-order valence-corrected chi connectivity index (χ1v) is 10.7. The van der Waals surface area contributed by atoms with Crippen LogP contribution in [-0.2, 0) is 21.6 Å². The lowest BCUT2D eigenvalue weighted by Crippen LogP contribution is -2.16. The maximum absolute atomic E-state index is 12.5. The topological polar surface area (TPSA) is 94.8 Å². The number of esters is 1. The lowest BCUT2D eigenvalue weighted by atomic mass is 10.2. The third-order valence-electron chi connectivity index (χ3n) is 4.00. The molecule has 0 saturated heterocycles. The first kappa shape index (κ1) is 21.0. The minimum Gasteiger partial charge on any atom is -0.462 e. The molecule has 0 N–H and O–H groups in total. The monoisotopic (exact) mass is 410 g/mol. The van der Waals surface area contributed by atoms with Crippen LogP contribution in [0.25, 0.3) is 0 Å². The number of benzene rings is 1. The average molecular weight is 411 g/mol. The predicted molar refractivity (Wildman–Crippen MR) is 103 cm³/mol. The lowest BCUT2D eigenvalue weighted by Gasteiger charge is -2.08. The molecule has 0 aliphatic carbocycles. The minimum atomic E-state index is -3.49. The molecule has 9 heteroatoms. The number of amides is 1. The van der Waals surface area contributed by atoms with Crippen molar-refractivity contribution in [3.05, 3.63) is 45.2 Å². The van der Waals surface area contributed by atoms with Crippen molar-refractivity contribution in [2.24, 2.45) is 12.0 Å². The molecule has 0 saturated carbocycles. The molecule has 1 heterocycles. The molecule has 1 aromatic carbocycles. The Balaban J connectivity index is 2.46. The second-order valence-corrected chi connectivity index (χ2v) is 9.60. The van der Waals surface area contributed by atoms with Gasteiger partial charge in [0.25, 0.3) is 5.91 Å². The maximum atomic E-state index is 12.5. The van der Waals surface area contributed by atoms with Crippen molar-refractivity contribution in [3.63, 3.8) is 0 Å². The van der Waals surface area contributed by atoms with Gasteiger partial charge in [0.05, 0.1) is 16.8 Å². The Morgan fingerprint density at radius 3 is 2.56 bits per heavy atom. The number of carbonyl (C=O) groups excluding carboxylic acids is 2. The molecule has 0 unspecified atom stereocenters. The Labute approximate surface area is 162 Å². The molecule has 0 bridgehead atoms. The molecule has 2 aromatic rings. The molecule has 0 aliphatic heterocycles. The first-order chi connectivity index (χ1) is 12.6. The number of aromatic nitrogens is 1. The maximum Gasteiger partial charge on any atom is 0.350 e. The highest BCUT2D eigenvalue weighted by atomic mass is 32.2. The van der Waals surface area contributed by atoms with Crippen LogP contribution < -0.4 is 4.80 Å². The van der Waals surface area contributed by atoms with E-state index in [-0.39, 0.29) is 17.1 Å². The lowest BCUT2D eigenvalue weighted by molar-refractivity contribution is 0.0530. The van der Waals surface area contributed by atoms with Crippen LogP contribution in [0.5, 0.6) is 0 Å². The summed E-state index contributed by atoms with van der Waals surface area (Å²) in [6, 6.07) is 5.81. The SMILES string of the molecule is CCOC(=O)c1sc(=NC(=O)c2cccc(S(=O)(=O)C(C)C)c2)n(C)c1C. The number of sulfone groups is 1. The summed E-state index contributed by atoms with van der Waals surface area (Å²) in [6.45, 7) is 6.87. The van der Waals surface area contributed by atoms with Gasteiger partial charge in [-0.25, -0.2) is 13.2 Å². The van der Waals surface area contributed by atoms with E-state index in [1.165, 1.54) is 24.3 Å². The second kappa shape index (κ2) is 8.18. The summed E-state index contributed by atoms with van der Waals surface area (Å²) in [4.78, 5) is 29.4. The second-order valence-electron chi connectivity index (χ2n) is 6.12. The van der Waals surface area contributed by atoms with Crippen LogP contribution >= 0.6 is 11.3 Å². The summed E-state index contributed by atoms with van der Waals surface area (Å²) >= 11 is 1.05. The van der Waals surface area contributed by atoms with Crippen molar-refractivity contribution in [2.45, 2.75) is 37.8 Å². The highest BCUT2D eigenvalue weighted by Crippen LogP contribution is 2.18. The number of carbonyl (C=O) groups is 2. The zero-order chi connectivity index (χ0) is 20.4. The van der Waals surface area contributed by atoms with Crippen molar-refractivity contribution < 1.29 is 22.7 Å². The summed E-state index contributed by atoms with van der Waals surface area (Å²) in [6.07, 6.45) is 0. The van der Waals surface area contributed by atoms with Gasteiger partial charge in [-0.1, -0.05) is 17.4 Å². The number of hydrogen-bond acceptors (Lipinski definition) is 6. The van der Waals surface area contributed by atoms with Gasteiger partial charge in [0.1, 0.15) is 4.88 Å². The Hall–Kier alpha value is -2.26. The van der Waals surface area contributed by atoms with E-state index in [1.54, 1.807) is 39.3 Å². The number of nitrogens with zero attached hydrogens (tertiary/aromatic N) is 2. The van der Waals surface area contributed by atoms with Gasteiger partial charge < -0.3 is 9.30 Å². The van der Waals surface area contributed by atoms with E-state index in [4.69, 9.17) is 4.74 Å². The van der Waals surface area contributed by atoms with Crippen LogP contribution in [0.1, 0.15) is 46.5 Å². The van der Waals surface area contributed by atoms with Crippen LogP contribution in [0.2, 0.25) is 0 Å². The number of hydrogen-bond donors (Lipinski definition) is 0. The van der Waals surface area contributed by atoms with Crippen LogP contribution in [0.3, 0.4) is 0 Å². The van der Waals surface area contributed by atoms with E-state index in [1.807, 2.05) is 0 Å². The fourth-order valence-electron chi connectivity index (χ4n) is 2.24. The van der Waals surface area contributed by atoms with E-state index >= 15 is 0 Å². The Kier molecular flexibility index (Phi) is 6.38. The van der Waals surface area contributed by atoms with Crippen LogP contribution in [0.4, 0.5) is 0 Å². The number of thiazole rings is 1. The van der Waals surface area contributed by atoms with Gasteiger partial charge in [-0.05, 0) is 45.9 Å².